The lowest BCUT2D eigenvalue weighted by Gasteiger charge is -2.12. The zero-order valence-corrected chi connectivity index (χ0v) is 10.9. The van der Waals surface area contributed by atoms with Crippen LogP contribution in [0, 0.1) is 6.92 Å². The van der Waals surface area contributed by atoms with Gasteiger partial charge in [-0.05, 0) is 20.3 Å². The third-order valence-corrected chi connectivity index (χ3v) is 3.43. The second-order valence-electron chi connectivity index (χ2n) is 3.75. The molecule has 1 amide bonds. The van der Waals surface area contributed by atoms with E-state index in [1.165, 1.54) is 4.88 Å². The first kappa shape index (κ1) is 13.1. The quantitative estimate of drug-likeness (QED) is 0.796. The van der Waals surface area contributed by atoms with Gasteiger partial charge in [-0.3, -0.25) is 4.79 Å². The molecule has 2 N–H and O–H groups in total. The van der Waals surface area contributed by atoms with E-state index in [1.807, 2.05) is 26.3 Å². The Bertz CT molecular complexity index is 338. The summed E-state index contributed by atoms with van der Waals surface area (Å²) in [6.45, 7) is 7.18. The molecule has 0 aliphatic rings. The molecule has 0 saturated heterocycles. The molecule has 1 atom stereocenters. The Morgan fingerprint density at radius 2 is 2.38 bits per heavy atom. The van der Waals surface area contributed by atoms with Crippen LogP contribution in [0.2, 0.25) is 0 Å². The Kier molecular flexibility index (Phi) is 5.42. The predicted octanol–water partition coefficient (Wildman–Crippen LogP) is 1.63. The number of amides is 1. The number of rotatable bonds is 6. The number of hydrogen-bond acceptors (Lipinski definition) is 4. The predicted molar refractivity (Wildman–Crippen MR) is 66.6 cm³/mol. The number of aryl methyl sites for hydroxylation is 1. The largest absolute Gasteiger partial charge is 0.355 e. The average Bonchev–Trinajstić information content (AvgIpc) is 2.69. The molecule has 16 heavy (non-hydrogen) atoms. The molecule has 0 bridgehead atoms. The smallest absolute Gasteiger partial charge is 0.233 e. The Hall–Kier alpha value is -0.940. The van der Waals surface area contributed by atoms with Crippen molar-refractivity contribution in [3.8, 4) is 0 Å². The van der Waals surface area contributed by atoms with Gasteiger partial charge in [0.1, 0.15) is 0 Å². The van der Waals surface area contributed by atoms with Gasteiger partial charge in [0.2, 0.25) is 5.91 Å². The van der Waals surface area contributed by atoms with Crippen LogP contribution in [0.3, 0.4) is 0 Å². The van der Waals surface area contributed by atoms with E-state index in [9.17, 15) is 4.79 Å². The van der Waals surface area contributed by atoms with Crippen molar-refractivity contribution >= 4 is 17.2 Å². The van der Waals surface area contributed by atoms with Gasteiger partial charge in [0.05, 0.1) is 17.7 Å². The summed E-state index contributed by atoms with van der Waals surface area (Å²) in [5, 5.41) is 6.03. The van der Waals surface area contributed by atoms with Crippen LogP contribution in [0.25, 0.3) is 0 Å². The number of hydrogen-bond donors (Lipinski definition) is 2. The van der Waals surface area contributed by atoms with Gasteiger partial charge in [-0.2, -0.15) is 0 Å². The summed E-state index contributed by atoms with van der Waals surface area (Å²) in [6, 6.07) is 0.180. The molecule has 90 valence electrons. The van der Waals surface area contributed by atoms with Crippen molar-refractivity contribution in [2.45, 2.75) is 33.2 Å². The lowest BCUT2D eigenvalue weighted by Crippen LogP contribution is -2.35. The lowest BCUT2D eigenvalue weighted by molar-refractivity contribution is -0.120. The Balaban J connectivity index is 2.33. The molecule has 4 nitrogen and oxygen atoms in total. The van der Waals surface area contributed by atoms with Crippen LogP contribution < -0.4 is 10.6 Å². The molecule has 1 aromatic rings. The van der Waals surface area contributed by atoms with Gasteiger partial charge in [-0.25, -0.2) is 4.98 Å². The Morgan fingerprint density at radius 1 is 1.62 bits per heavy atom. The molecule has 0 fully saturated rings. The number of nitrogens with zero attached hydrogens (tertiary/aromatic N) is 1. The van der Waals surface area contributed by atoms with E-state index < -0.39 is 0 Å². The molecule has 1 heterocycles. The maximum Gasteiger partial charge on any atom is 0.233 e. The fraction of sp³-hybridized carbons (Fsp3) is 0.636. The molecular weight excluding hydrogens is 222 g/mol. The normalized spacial score (nSPS) is 12.4. The summed E-state index contributed by atoms with van der Waals surface area (Å²) >= 11 is 1.62. The molecule has 0 radical (unpaired) electrons. The third kappa shape index (κ3) is 3.90. The molecule has 1 rings (SSSR count). The minimum Gasteiger partial charge on any atom is -0.355 e. The number of thiazole rings is 1. The van der Waals surface area contributed by atoms with E-state index in [0.717, 1.165) is 18.7 Å². The molecular formula is C11H19N3OS. The highest BCUT2D eigenvalue weighted by atomic mass is 32.1. The van der Waals surface area contributed by atoms with Crippen LogP contribution in [0.5, 0.6) is 0 Å². The van der Waals surface area contributed by atoms with Crippen LogP contribution in [-0.4, -0.2) is 24.0 Å². The summed E-state index contributed by atoms with van der Waals surface area (Å²) in [5.41, 5.74) is 2.87. The first-order chi connectivity index (χ1) is 7.65. The maximum absolute atomic E-state index is 11.4. The van der Waals surface area contributed by atoms with Crippen LogP contribution in [0.4, 0.5) is 0 Å². The summed E-state index contributed by atoms with van der Waals surface area (Å²) in [5.74, 6) is 0.0517. The van der Waals surface area contributed by atoms with Crippen LogP contribution in [0.1, 0.15) is 36.9 Å². The van der Waals surface area contributed by atoms with Crippen molar-refractivity contribution in [3.63, 3.8) is 0 Å². The SMILES string of the molecule is CCCNC(=O)CNC(C)c1scnc1C. The minimum atomic E-state index is 0.0517. The summed E-state index contributed by atoms with van der Waals surface area (Å²) in [7, 11) is 0. The van der Waals surface area contributed by atoms with Gasteiger partial charge >= 0.3 is 0 Å². The van der Waals surface area contributed by atoms with Crippen molar-refractivity contribution in [1.29, 1.82) is 0 Å². The summed E-state index contributed by atoms with van der Waals surface area (Å²) in [6.07, 6.45) is 0.968. The van der Waals surface area contributed by atoms with Crippen molar-refractivity contribution in [3.05, 3.63) is 16.1 Å². The van der Waals surface area contributed by atoms with Gasteiger partial charge < -0.3 is 10.6 Å². The first-order valence-electron chi connectivity index (χ1n) is 5.55. The van der Waals surface area contributed by atoms with Gasteiger partial charge in [0.25, 0.3) is 0 Å². The molecule has 5 heteroatoms. The van der Waals surface area contributed by atoms with Crippen LogP contribution in [-0.2, 0) is 4.79 Å². The first-order valence-corrected chi connectivity index (χ1v) is 6.43. The van der Waals surface area contributed by atoms with E-state index in [0.29, 0.717) is 6.54 Å². The zero-order chi connectivity index (χ0) is 12.0. The average molecular weight is 241 g/mol. The van der Waals surface area contributed by atoms with E-state index in [2.05, 4.69) is 15.6 Å². The molecule has 0 spiro atoms. The van der Waals surface area contributed by atoms with E-state index in [-0.39, 0.29) is 11.9 Å². The van der Waals surface area contributed by atoms with Crippen molar-refractivity contribution in [1.82, 2.24) is 15.6 Å². The van der Waals surface area contributed by atoms with Crippen LogP contribution in [0.15, 0.2) is 5.51 Å². The summed E-state index contributed by atoms with van der Waals surface area (Å²) in [4.78, 5) is 16.8. The van der Waals surface area contributed by atoms with E-state index in [4.69, 9.17) is 0 Å². The number of aromatic nitrogens is 1. The number of carbonyl (C=O) groups is 1. The maximum atomic E-state index is 11.4. The molecule has 0 aliphatic heterocycles. The molecule has 0 saturated carbocycles. The molecule has 0 aliphatic carbocycles. The van der Waals surface area contributed by atoms with E-state index in [1.54, 1.807) is 11.3 Å². The van der Waals surface area contributed by atoms with Gasteiger partial charge in [-0.15, -0.1) is 11.3 Å². The standard InChI is InChI=1S/C11H19N3OS/c1-4-5-12-10(15)6-13-8(2)11-9(3)14-7-16-11/h7-8,13H,4-6H2,1-3H3,(H,12,15). The van der Waals surface area contributed by atoms with Crippen LogP contribution >= 0.6 is 11.3 Å². The molecule has 0 aromatic carbocycles. The Labute approximate surface area is 100 Å². The zero-order valence-electron chi connectivity index (χ0n) is 10.0. The highest BCUT2D eigenvalue weighted by molar-refractivity contribution is 7.09. The fourth-order valence-electron chi connectivity index (χ4n) is 1.39. The van der Waals surface area contributed by atoms with Gasteiger partial charge in [-0.1, -0.05) is 6.92 Å². The van der Waals surface area contributed by atoms with Crippen molar-refractivity contribution < 1.29 is 4.79 Å². The molecule has 1 aromatic heterocycles. The molecule has 1 unspecified atom stereocenters. The summed E-state index contributed by atoms with van der Waals surface area (Å²) < 4.78 is 0. The minimum absolute atomic E-state index is 0.0517. The number of carbonyl (C=O) groups excluding carboxylic acids is 1. The highest BCUT2D eigenvalue weighted by Gasteiger charge is 2.11. The Morgan fingerprint density at radius 3 is 2.94 bits per heavy atom. The topological polar surface area (TPSA) is 54.0 Å². The van der Waals surface area contributed by atoms with Gasteiger partial charge in [0.15, 0.2) is 0 Å². The van der Waals surface area contributed by atoms with E-state index >= 15 is 0 Å². The highest BCUT2D eigenvalue weighted by Crippen LogP contribution is 2.20. The van der Waals surface area contributed by atoms with Crippen molar-refractivity contribution in [2.75, 3.05) is 13.1 Å². The third-order valence-electron chi connectivity index (χ3n) is 2.32. The number of nitrogens with one attached hydrogen (secondary N) is 2. The fourth-order valence-corrected chi connectivity index (χ4v) is 2.23. The van der Waals surface area contributed by atoms with Gasteiger partial charge in [0, 0.05) is 17.5 Å². The second kappa shape index (κ2) is 6.60. The lowest BCUT2D eigenvalue weighted by atomic mass is 10.2. The van der Waals surface area contributed by atoms with Crippen molar-refractivity contribution in [2.24, 2.45) is 0 Å². The monoisotopic (exact) mass is 241 g/mol. The second-order valence-corrected chi connectivity index (χ2v) is 4.64.